The van der Waals surface area contributed by atoms with Crippen molar-refractivity contribution in [2.45, 2.75) is 12.8 Å². The summed E-state index contributed by atoms with van der Waals surface area (Å²) in [5, 5.41) is 2.85. The lowest BCUT2D eigenvalue weighted by molar-refractivity contribution is 0.0982. The van der Waals surface area contributed by atoms with Gasteiger partial charge in [-0.2, -0.15) is 0 Å². The Bertz CT molecular complexity index is 1250. The predicted octanol–water partition coefficient (Wildman–Crippen LogP) is 4.18. The van der Waals surface area contributed by atoms with E-state index in [1.165, 1.54) is 0 Å². The maximum absolute atomic E-state index is 13.5. The minimum Gasteiger partial charge on any atom is -0.319 e. The molecule has 0 aliphatic carbocycles. The van der Waals surface area contributed by atoms with E-state index in [2.05, 4.69) is 16.4 Å². The van der Waals surface area contributed by atoms with Gasteiger partial charge in [-0.3, -0.25) is 14.0 Å². The molecule has 1 aliphatic rings. The number of rotatable bonds is 3. The number of carbonyl (C=O) groups excluding carboxylic acids is 2. The number of para-hydroxylation sites is 2. The fraction of sp³-hybridized carbons (Fsp3) is 0.125. The average molecular weight is 396 g/mol. The number of hydrogen-bond acceptors (Lipinski definition) is 3. The topological polar surface area (TPSA) is 66.7 Å². The number of anilines is 2. The molecule has 0 saturated carbocycles. The van der Waals surface area contributed by atoms with E-state index in [4.69, 9.17) is 0 Å². The summed E-state index contributed by atoms with van der Waals surface area (Å²) in [7, 11) is 0. The van der Waals surface area contributed by atoms with E-state index in [9.17, 15) is 9.59 Å². The first kappa shape index (κ1) is 18.1. The molecule has 0 atom stereocenters. The van der Waals surface area contributed by atoms with E-state index in [1.807, 2.05) is 66.7 Å². The number of aromatic nitrogens is 2. The highest BCUT2D eigenvalue weighted by molar-refractivity contribution is 6.11. The standard InChI is InChI=1S/C24H20N4O2/c29-23(25-18-11-2-1-3-12-18)22-26-21(20-14-6-7-15-27(20)22)24(30)28-16-8-10-17-9-4-5-13-19(17)28/h1-7,9,11-15H,8,10,16H2,(H,25,29). The van der Waals surface area contributed by atoms with Crippen molar-refractivity contribution in [3.8, 4) is 0 Å². The number of fused-ring (bicyclic) bond motifs is 2. The minimum atomic E-state index is -0.361. The van der Waals surface area contributed by atoms with Gasteiger partial charge in [0.2, 0.25) is 5.82 Å². The summed E-state index contributed by atoms with van der Waals surface area (Å²) < 4.78 is 1.67. The first-order valence-electron chi connectivity index (χ1n) is 9.95. The van der Waals surface area contributed by atoms with Crippen LogP contribution in [0, 0.1) is 0 Å². The number of aryl methyl sites for hydroxylation is 1. The normalized spacial score (nSPS) is 13.1. The molecule has 0 radical (unpaired) electrons. The zero-order valence-electron chi connectivity index (χ0n) is 16.3. The SMILES string of the molecule is O=C(Nc1ccccc1)c1nc(C(=O)N2CCCc3ccccc32)c2ccccn12. The lowest BCUT2D eigenvalue weighted by atomic mass is 10.0. The Morgan fingerprint density at radius 3 is 2.53 bits per heavy atom. The summed E-state index contributed by atoms with van der Waals surface area (Å²) in [5.74, 6) is -0.367. The summed E-state index contributed by atoms with van der Waals surface area (Å²) in [6.45, 7) is 0.632. The quantitative estimate of drug-likeness (QED) is 0.565. The molecule has 0 bridgehead atoms. The van der Waals surface area contributed by atoms with Crippen LogP contribution in [-0.2, 0) is 6.42 Å². The first-order valence-corrected chi connectivity index (χ1v) is 9.95. The first-order chi connectivity index (χ1) is 14.7. The fourth-order valence-corrected chi connectivity index (χ4v) is 3.94. The second-order valence-electron chi connectivity index (χ2n) is 7.25. The van der Waals surface area contributed by atoms with Crippen LogP contribution in [-0.4, -0.2) is 27.7 Å². The average Bonchev–Trinajstić information content (AvgIpc) is 3.19. The fourth-order valence-electron chi connectivity index (χ4n) is 3.94. The predicted molar refractivity (Wildman–Crippen MR) is 116 cm³/mol. The van der Waals surface area contributed by atoms with Gasteiger partial charge in [0.05, 0.1) is 5.52 Å². The van der Waals surface area contributed by atoms with Crippen LogP contribution in [0.3, 0.4) is 0 Å². The molecule has 1 aliphatic heterocycles. The van der Waals surface area contributed by atoms with Gasteiger partial charge < -0.3 is 10.2 Å². The molecular formula is C24H20N4O2. The van der Waals surface area contributed by atoms with Crippen molar-refractivity contribution in [1.82, 2.24) is 9.38 Å². The molecular weight excluding hydrogens is 376 g/mol. The molecule has 0 saturated heterocycles. The third-order valence-electron chi connectivity index (χ3n) is 5.34. The maximum atomic E-state index is 13.5. The molecule has 0 spiro atoms. The van der Waals surface area contributed by atoms with E-state index in [0.717, 1.165) is 24.1 Å². The molecule has 148 valence electrons. The Morgan fingerprint density at radius 1 is 0.900 bits per heavy atom. The van der Waals surface area contributed by atoms with Crippen molar-refractivity contribution in [3.63, 3.8) is 0 Å². The van der Waals surface area contributed by atoms with Crippen LogP contribution < -0.4 is 10.2 Å². The maximum Gasteiger partial charge on any atom is 0.292 e. The molecule has 6 heteroatoms. The van der Waals surface area contributed by atoms with Gasteiger partial charge in [-0.25, -0.2) is 4.98 Å². The molecule has 2 amide bonds. The second-order valence-corrected chi connectivity index (χ2v) is 7.25. The molecule has 0 unspecified atom stereocenters. The van der Waals surface area contributed by atoms with Gasteiger partial charge in [0.1, 0.15) is 0 Å². The van der Waals surface area contributed by atoms with Crippen LogP contribution in [0.25, 0.3) is 5.52 Å². The van der Waals surface area contributed by atoms with Crippen LogP contribution in [0.5, 0.6) is 0 Å². The molecule has 0 fully saturated rings. The number of benzene rings is 2. The summed E-state index contributed by atoms with van der Waals surface area (Å²) in [5.41, 5.74) is 3.64. The van der Waals surface area contributed by atoms with Gasteiger partial charge in [0, 0.05) is 24.1 Å². The molecule has 4 aromatic rings. The zero-order chi connectivity index (χ0) is 20.5. The van der Waals surface area contributed by atoms with Crippen molar-refractivity contribution >= 4 is 28.7 Å². The second kappa shape index (κ2) is 7.48. The Labute approximate surface area is 173 Å². The van der Waals surface area contributed by atoms with Crippen molar-refractivity contribution in [2.24, 2.45) is 0 Å². The van der Waals surface area contributed by atoms with Crippen LogP contribution >= 0.6 is 0 Å². The van der Waals surface area contributed by atoms with Crippen LogP contribution in [0.2, 0.25) is 0 Å². The van der Waals surface area contributed by atoms with E-state index >= 15 is 0 Å². The summed E-state index contributed by atoms with van der Waals surface area (Å²) in [4.78, 5) is 32.7. The monoisotopic (exact) mass is 396 g/mol. The van der Waals surface area contributed by atoms with Gasteiger partial charge in [-0.05, 0) is 48.7 Å². The number of carbonyl (C=O) groups is 2. The highest BCUT2D eigenvalue weighted by Crippen LogP contribution is 2.29. The van der Waals surface area contributed by atoms with Crippen molar-refractivity contribution < 1.29 is 9.59 Å². The summed E-state index contributed by atoms with van der Waals surface area (Å²) >= 11 is 0. The highest BCUT2D eigenvalue weighted by Gasteiger charge is 2.28. The summed E-state index contributed by atoms with van der Waals surface area (Å²) in [6, 6.07) is 22.6. The highest BCUT2D eigenvalue weighted by atomic mass is 16.2. The van der Waals surface area contributed by atoms with Gasteiger partial charge >= 0.3 is 0 Å². The molecule has 6 nitrogen and oxygen atoms in total. The van der Waals surface area contributed by atoms with Crippen LogP contribution in [0.15, 0.2) is 79.0 Å². The number of nitrogens with zero attached hydrogens (tertiary/aromatic N) is 3. The van der Waals surface area contributed by atoms with E-state index < -0.39 is 0 Å². The van der Waals surface area contributed by atoms with Crippen molar-refractivity contribution in [1.29, 1.82) is 0 Å². The van der Waals surface area contributed by atoms with E-state index in [1.54, 1.807) is 15.5 Å². The molecule has 30 heavy (non-hydrogen) atoms. The van der Waals surface area contributed by atoms with Gasteiger partial charge in [0.25, 0.3) is 11.8 Å². The van der Waals surface area contributed by atoms with E-state index in [-0.39, 0.29) is 23.3 Å². The molecule has 3 heterocycles. The van der Waals surface area contributed by atoms with Crippen molar-refractivity contribution in [2.75, 3.05) is 16.8 Å². The number of amides is 2. The molecule has 1 N–H and O–H groups in total. The lowest BCUT2D eigenvalue weighted by Crippen LogP contribution is -2.35. The zero-order valence-corrected chi connectivity index (χ0v) is 16.3. The van der Waals surface area contributed by atoms with E-state index in [0.29, 0.717) is 17.7 Å². The molecule has 5 rings (SSSR count). The number of nitrogens with one attached hydrogen (secondary N) is 1. The Balaban J connectivity index is 1.55. The third-order valence-corrected chi connectivity index (χ3v) is 5.34. The largest absolute Gasteiger partial charge is 0.319 e. The third kappa shape index (κ3) is 3.12. The van der Waals surface area contributed by atoms with Crippen LogP contribution in [0.1, 0.15) is 33.1 Å². The van der Waals surface area contributed by atoms with Gasteiger partial charge in [-0.15, -0.1) is 0 Å². The van der Waals surface area contributed by atoms with Gasteiger partial charge in [0.15, 0.2) is 5.69 Å². The molecule has 2 aromatic carbocycles. The number of imidazole rings is 1. The number of hydrogen-bond donors (Lipinski definition) is 1. The molecule has 2 aromatic heterocycles. The van der Waals surface area contributed by atoms with Gasteiger partial charge in [-0.1, -0.05) is 42.5 Å². The Hall–Kier alpha value is -3.93. The Morgan fingerprint density at radius 2 is 1.67 bits per heavy atom. The lowest BCUT2D eigenvalue weighted by Gasteiger charge is -2.28. The number of pyridine rings is 1. The Kier molecular flexibility index (Phi) is 4.52. The minimum absolute atomic E-state index is 0.183. The smallest absolute Gasteiger partial charge is 0.292 e. The van der Waals surface area contributed by atoms with Crippen LogP contribution in [0.4, 0.5) is 11.4 Å². The summed E-state index contributed by atoms with van der Waals surface area (Å²) in [6.07, 6.45) is 3.60. The van der Waals surface area contributed by atoms with Crippen molar-refractivity contribution in [3.05, 3.63) is 96.1 Å².